The molecule has 1 rings (SSSR count). The second-order valence-electron chi connectivity index (χ2n) is 3.50. The third kappa shape index (κ3) is 2.47. The van der Waals surface area contributed by atoms with Crippen molar-refractivity contribution in [2.45, 2.75) is 19.2 Å². The summed E-state index contributed by atoms with van der Waals surface area (Å²) in [6, 6.07) is 3.47. The van der Waals surface area contributed by atoms with Crippen molar-refractivity contribution in [1.82, 2.24) is 0 Å². The molecule has 1 aromatic carbocycles. The van der Waals surface area contributed by atoms with E-state index < -0.39 is 5.38 Å². The van der Waals surface area contributed by atoms with Crippen LogP contribution in [0.4, 0.5) is 0 Å². The van der Waals surface area contributed by atoms with E-state index in [2.05, 4.69) is 0 Å². The number of benzene rings is 1. The smallest absolute Gasteiger partial charge is 0.184 e. The van der Waals surface area contributed by atoms with E-state index in [0.29, 0.717) is 17.1 Å². The Morgan fingerprint density at radius 1 is 1.31 bits per heavy atom. The number of rotatable bonds is 4. The zero-order chi connectivity index (χ0) is 12.3. The molecule has 0 bridgehead atoms. The minimum atomic E-state index is -0.569. The lowest BCUT2D eigenvalue weighted by atomic mass is 10.0. The van der Waals surface area contributed by atoms with Crippen LogP contribution in [-0.4, -0.2) is 25.4 Å². The summed E-state index contributed by atoms with van der Waals surface area (Å²) in [6.07, 6.45) is 0. The van der Waals surface area contributed by atoms with E-state index in [1.165, 1.54) is 7.11 Å². The van der Waals surface area contributed by atoms with Crippen molar-refractivity contribution in [3.63, 3.8) is 0 Å². The molecule has 88 valence electrons. The summed E-state index contributed by atoms with van der Waals surface area (Å²) in [5, 5.41) is -0.569. The predicted molar refractivity (Wildman–Crippen MR) is 63.9 cm³/mol. The van der Waals surface area contributed by atoms with Crippen LogP contribution in [0.1, 0.15) is 22.8 Å². The molecular formula is C12H15ClO3. The number of alkyl halides is 1. The molecule has 0 fully saturated rings. The minimum Gasteiger partial charge on any atom is -0.497 e. The Balaban J connectivity index is 3.32. The van der Waals surface area contributed by atoms with Crippen LogP contribution >= 0.6 is 11.6 Å². The van der Waals surface area contributed by atoms with Crippen LogP contribution in [0.5, 0.6) is 11.5 Å². The molecule has 0 spiro atoms. The maximum atomic E-state index is 11.9. The van der Waals surface area contributed by atoms with Gasteiger partial charge in [-0.05, 0) is 25.5 Å². The molecular weight excluding hydrogens is 228 g/mol. The minimum absolute atomic E-state index is 0.140. The molecule has 3 nitrogen and oxygen atoms in total. The van der Waals surface area contributed by atoms with Gasteiger partial charge < -0.3 is 9.47 Å². The second-order valence-corrected chi connectivity index (χ2v) is 4.16. The molecule has 0 aliphatic carbocycles. The first kappa shape index (κ1) is 12.8. The van der Waals surface area contributed by atoms with Crippen molar-refractivity contribution in [2.75, 3.05) is 14.2 Å². The molecule has 16 heavy (non-hydrogen) atoms. The van der Waals surface area contributed by atoms with Gasteiger partial charge in [-0.25, -0.2) is 0 Å². The van der Waals surface area contributed by atoms with Gasteiger partial charge in [0.05, 0.1) is 25.2 Å². The van der Waals surface area contributed by atoms with Gasteiger partial charge in [0.2, 0.25) is 0 Å². The van der Waals surface area contributed by atoms with Crippen LogP contribution < -0.4 is 9.47 Å². The van der Waals surface area contributed by atoms with Gasteiger partial charge >= 0.3 is 0 Å². The standard InChI is InChI=1S/C12H15ClO3/c1-7-5-9(15-3)6-10(16-4)11(7)12(14)8(2)13/h5-6,8H,1-4H3. The van der Waals surface area contributed by atoms with Crippen LogP contribution in [0.25, 0.3) is 0 Å². The molecule has 0 saturated heterocycles. The molecule has 0 amide bonds. The number of ether oxygens (including phenoxy) is 2. The Labute approximate surface area is 100 Å². The summed E-state index contributed by atoms with van der Waals surface area (Å²) >= 11 is 5.80. The highest BCUT2D eigenvalue weighted by Gasteiger charge is 2.20. The Morgan fingerprint density at radius 2 is 1.94 bits per heavy atom. The van der Waals surface area contributed by atoms with Gasteiger partial charge in [0.25, 0.3) is 0 Å². The van der Waals surface area contributed by atoms with E-state index in [9.17, 15) is 4.79 Å². The fourth-order valence-electron chi connectivity index (χ4n) is 1.52. The number of carbonyl (C=O) groups is 1. The molecule has 0 N–H and O–H groups in total. The molecule has 0 aliphatic heterocycles. The van der Waals surface area contributed by atoms with Crippen LogP contribution in [0.2, 0.25) is 0 Å². The van der Waals surface area contributed by atoms with E-state index in [0.717, 1.165) is 5.56 Å². The summed E-state index contributed by atoms with van der Waals surface area (Å²) < 4.78 is 10.3. The quantitative estimate of drug-likeness (QED) is 0.602. The molecule has 1 atom stereocenters. The average Bonchev–Trinajstić information content (AvgIpc) is 2.26. The Bertz CT molecular complexity index is 399. The SMILES string of the molecule is COc1cc(C)c(C(=O)C(C)Cl)c(OC)c1. The van der Waals surface area contributed by atoms with Gasteiger partial charge in [-0.15, -0.1) is 11.6 Å². The van der Waals surface area contributed by atoms with Crippen molar-refractivity contribution >= 4 is 17.4 Å². The van der Waals surface area contributed by atoms with E-state index in [1.807, 2.05) is 6.92 Å². The van der Waals surface area contributed by atoms with Crippen molar-refractivity contribution in [3.8, 4) is 11.5 Å². The molecule has 0 saturated carbocycles. The van der Waals surface area contributed by atoms with Gasteiger partial charge in [0, 0.05) is 6.07 Å². The molecule has 1 aromatic rings. The van der Waals surface area contributed by atoms with Gasteiger partial charge in [0.15, 0.2) is 5.78 Å². The highest BCUT2D eigenvalue weighted by molar-refractivity contribution is 6.34. The highest BCUT2D eigenvalue weighted by atomic mass is 35.5. The van der Waals surface area contributed by atoms with Crippen LogP contribution in [0, 0.1) is 6.92 Å². The Morgan fingerprint density at radius 3 is 2.38 bits per heavy atom. The fourth-order valence-corrected chi connectivity index (χ4v) is 1.63. The lowest BCUT2D eigenvalue weighted by molar-refractivity contribution is 0.0988. The highest BCUT2D eigenvalue weighted by Crippen LogP contribution is 2.30. The zero-order valence-electron chi connectivity index (χ0n) is 9.83. The number of aryl methyl sites for hydroxylation is 1. The first-order valence-electron chi connectivity index (χ1n) is 4.92. The van der Waals surface area contributed by atoms with Crippen LogP contribution in [0.15, 0.2) is 12.1 Å². The average molecular weight is 243 g/mol. The molecule has 0 radical (unpaired) electrons. The summed E-state index contributed by atoms with van der Waals surface area (Å²) in [4.78, 5) is 11.9. The van der Waals surface area contributed by atoms with Crippen molar-refractivity contribution < 1.29 is 14.3 Å². The van der Waals surface area contributed by atoms with E-state index >= 15 is 0 Å². The van der Waals surface area contributed by atoms with E-state index in [1.54, 1.807) is 26.2 Å². The normalized spacial score (nSPS) is 12.1. The third-order valence-electron chi connectivity index (χ3n) is 2.34. The molecule has 4 heteroatoms. The maximum absolute atomic E-state index is 11.9. The van der Waals surface area contributed by atoms with E-state index in [4.69, 9.17) is 21.1 Å². The van der Waals surface area contributed by atoms with Gasteiger partial charge in [-0.3, -0.25) is 4.79 Å². The van der Waals surface area contributed by atoms with Gasteiger partial charge in [-0.2, -0.15) is 0 Å². The van der Waals surface area contributed by atoms with E-state index in [-0.39, 0.29) is 5.78 Å². The molecule has 0 aromatic heterocycles. The number of Topliss-reactive ketones (excluding diaryl/α,β-unsaturated/α-hetero) is 1. The lowest BCUT2D eigenvalue weighted by Crippen LogP contribution is -2.13. The van der Waals surface area contributed by atoms with Crippen LogP contribution in [0.3, 0.4) is 0 Å². The topological polar surface area (TPSA) is 35.5 Å². The Kier molecular flexibility index (Phi) is 4.19. The Hall–Kier alpha value is -1.22. The first-order chi connectivity index (χ1) is 7.51. The second kappa shape index (κ2) is 5.21. The number of hydrogen-bond donors (Lipinski definition) is 0. The first-order valence-corrected chi connectivity index (χ1v) is 5.35. The number of halogens is 1. The number of hydrogen-bond acceptors (Lipinski definition) is 3. The van der Waals surface area contributed by atoms with Crippen LogP contribution in [-0.2, 0) is 0 Å². The summed E-state index contributed by atoms with van der Waals surface area (Å²) in [5.74, 6) is 1.01. The summed E-state index contributed by atoms with van der Waals surface area (Å²) in [7, 11) is 3.09. The largest absolute Gasteiger partial charge is 0.497 e. The molecule has 0 aliphatic rings. The molecule has 1 unspecified atom stereocenters. The monoisotopic (exact) mass is 242 g/mol. The number of ketones is 1. The predicted octanol–water partition coefficient (Wildman–Crippen LogP) is 2.82. The molecule has 0 heterocycles. The fraction of sp³-hybridized carbons (Fsp3) is 0.417. The number of carbonyl (C=O) groups excluding carboxylic acids is 1. The zero-order valence-corrected chi connectivity index (χ0v) is 10.6. The van der Waals surface area contributed by atoms with Crippen molar-refractivity contribution in [2.24, 2.45) is 0 Å². The van der Waals surface area contributed by atoms with Crippen molar-refractivity contribution in [1.29, 1.82) is 0 Å². The maximum Gasteiger partial charge on any atom is 0.184 e. The van der Waals surface area contributed by atoms with Crippen molar-refractivity contribution in [3.05, 3.63) is 23.3 Å². The van der Waals surface area contributed by atoms with Gasteiger partial charge in [-0.1, -0.05) is 0 Å². The number of methoxy groups -OCH3 is 2. The lowest BCUT2D eigenvalue weighted by Gasteiger charge is -2.13. The summed E-state index contributed by atoms with van der Waals surface area (Å²) in [5.41, 5.74) is 1.32. The van der Waals surface area contributed by atoms with Gasteiger partial charge in [0.1, 0.15) is 11.5 Å². The summed E-state index contributed by atoms with van der Waals surface area (Å²) in [6.45, 7) is 3.48. The third-order valence-corrected chi connectivity index (χ3v) is 2.53.